The SMILES string of the molecule is C=C(C(C)=CC=CC)N1Cc2ccccc2CC1CC. The molecule has 0 bridgehead atoms. The highest BCUT2D eigenvalue weighted by molar-refractivity contribution is 5.35. The van der Waals surface area contributed by atoms with Crippen LogP contribution in [0.1, 0.15) is 38.3 Å². The molecule has 0 aliphatic carbocycles. The minimum absolute atomic E-state index is 0.561. The number of hydrogen-bond acceptors (Lipinski definition) is 1. The third kappa shape index (κ3) is 3.04. The summed E-state index contributed by atoms with van der Waals surface area (Å²) in [5.74, 6) is 0. The molecule has 2 rings (SSSR count). The van der Waals surface area contributed by atoms with Crippen molar-refractivity contribution in [3.05, 3.63) is 71.5 Å². The molecule has 0 saturated heterocycles. The van der Waals surface area contributed by atoms with Crippen LogP contribution < -0.4 is 0 Å². The van der Waals surface area contributed by atoms with Gasteiger partial charge in [0, 0.05) is 18.3 Å². The van der Waals surface area contributed by atoms with Crippen LogP contribution in [0.15, 0.2) is 60.3 Å². The van der Waals surface area contributed by atoms with Crippen LogP contribution in [0.5, 0.6) is 0 Å². The standard InChI is InChI=1S/C19H25N/c1-5-7-10-15(3)16(4)20-14-18-12-9-8-11-17(18)13-19(20)6-2/h5,7-12,19H,4,6,13-14H2,1-3H3. The summed E-state index contributed by atoms with van der Waals surface area (Å²) in [6, 6.07) is 9.35. The zero-order valence-electron chi connectivity index (χ0n) is 12.9. The van der Waals surface area contributed by atoms with Crippen LogP contribution in [0.4, 0.5) is 0 Å². The van der Waals surface area contributed by atoms with Gasteiger partial charge in [-0.05, 0) is 43.4 Å². The Hall–Kier alpha value is -1.76. The molecule has 1 heteroatoms. The Balaban J connectivity index is 2.25. The van der Waals surface area contributed by atoms with Crippen LogP contribution in [0, 0.1) is 0 Å². The van der Waals surface area contributed by atoms with E-state index in [-0.39, 0.29) is 0 Å². The van der Waals surface area contributed by atoms with E-state index in [9.17, 15) is 0 Å². The van der Waals surface area contributed by atoms with Gasteiger partial charge in [0.05, 0.1) is 0 Å². The van der Waals surface area contributed by atoms with E-state index in [1.807, 2.05) is 6.92 Å². The van der Waals surface area contributed by atoms with Crippen LogP contribution >= 0.6 is 0 Å². The predicted molar refractivity (Wildman–Crippen MR) is 87.5 cm³/mol. The van der Waals surface area contributed by atoms with Gasteiger partial charge < -0.3 is 4.90 Å². The maximum absolute atomic E-state index is 4.33. The van der Waals surface area contributed by atoms with Gasteiger partial charge in [0.15, 0.2) is 0 Å². The number of rotatable bonds is 4. The van der Waals surface area contributed by atoms with Crippen molar-refractivity contribution in [2.24, 2.45) is 0 Å². The zero-order valence-corrected chi connectivity index (χ0v) is 12.9. The third-order valence-electron chi connectivity index (χ3n) is 4.17. The van der Waals surface area contributed by atoms with Crippen molar-refractivity contribution in [1.29, 1.82) is 0 Å². The Bertz CT molecular complexity index is 536. The van der Waals surface area contributed by atoms with Gasteiger partial charge in [-0.25, -0.2) is 0 Å². The molecule has 0 spiro atoms. The van der Waals surface area contributed by atoms with Crippen molar-refractivity contribution in [3.8, 4) is 0 Å². The molecule has 1 atom stereocenters. The molecule has 20 heavy (non-hydrogen) atoms. The summed E-state index contributed by atoms with van der Waals surface area (Å²) in [6.07, 6.45) is 8.57. The Morgan fingerprint density at radius 1 is 1.35 bits per heavy atom. The molecule has 1 aromatic carbocycles. The molecule has 0 N–H and O–H groups in total. The maximum atomic E-state index is 4.33. The van der Waals surface area contributed by atoms with Crippen molar-refractivity contribution < 1.29 is 0 Å². The second-order valence-electron chi connectivity index (χ2n) is 5.48. The molecule has 1 aliphatic rings. The van der Waals surface area contributed by atoms with Gasteiger partial charge in [0.1, 0.15) is 0 Å². The molecule has 0 aromatic heterocycles. The maximum Gasteiger partial charge on any atom is 0.0435 e. The molecule has 106 valence electrons. The van der Waals surface area contributed by atoms with Crippen molar-refractivity contribution in [2.45, 2.75) is 46.2 Å². The first-order chi connectivity index (χ1) is 9.67. The number of fused-ring (bicyclic) bond motifs is 1. The average molecular weight is 267 g/mol. The first-order valence-corrected chi connectivity index (χ1v) is 7.49. The second kappa shape index (κ2) is 6.60. The normalized spacial score (nSPS) is 19.2. The van der Waals surface area contributed by atoms with Gasteiger partial charge in [-0.2, -0.15) is 0 Å². The van der Waals surface area contributed by atoms with E-state index in [1.54, 1.807) is 0 Å². The average Bonchev–Trinajstić information content (AvgIpc) is 2.50. The molecule has 1 heterocycles. The van der Waals surface area contributed by atoms with Crippen LogP contribution in [0.3, 0.4) is 0 Å². The summed E-state index contributed by atoms with van der Waals surface area (Å²) in [5, 5.41) is 0. The topological polar surface area (TPSA) is 3.24 Å². The summed E-state index contributed by atoms with van der Waals surface area (Å²) in [4.78, 5) is 2.47. The lowest BCUT2D eigenvalue weighted by Crippen LogP contribution is -2.39. The van der Waals surface area contributed by atoms with Gasteiger partial charge in [-0.15, -0.1) is 0 Å². The van der Waals surface area contributed by atoms with Crippen LogP contribution in [-0.2, 0) is 13.0 Å². The monoisotopic (exact) mass is 267 g/mol. The molecular formula is C19H25N. The fourth-order valence-electron chi connectivity index (χ4n) is 2.83. The Kier molecular flexibility index (Phi) is 4.84. The molecule has 1 aliphatic heterocycles. The van der Waals surface area contributed by atoms with E-state index in [0.717, 1.165) is 25.1 Å². The lowest BCUT2D eigenvalue weighted by atomic mass is 9.91. The summed E-state index contributed by atoms with van der Waals surface area (Å²) < 4.78 is 0. The fraction of sp³-hybridized carbons (Fsp3) is 0.368. The lowest BCUT2D eigenvalue weighted by molar-refractivity contribution is 0.224. The minimum atomic E-state index is 0.561. The number of nitrogens with zero attached hydrogens (tertiary/aromatic N) is 1. The molecule has 1 aromatic rings. The predicted octanol–water partition coefficient (Wildman–Crippen LogP) is 4.86. The van der Waals surface area contributed by atoms with Gasteiger partial charge >= 0.3 is 0 Å². The van der Waals surface area contributed by atoms with Gasteiger partial charge in [0.2, 0.25) is 0 Å². The van der Waals surface area contributed by atoms with E-state index in [4.69, 9.17) is 0 Å². The summed E-state index contributed by atoms with van der Waals surface area (Å²) in [5.41, 5.74) is 5.35. The van der Waals surface area contributed by atoms with E-state index in [2.05, 4.69) is 67.8 Å². The van der Waals surface area contributed by atoms with Gasteiger partial charge in [-0.1, -0.05) is 56.0 Å². The van der Waals surface area contributed by atoms with Crippen molar-refractivity contribution in [2.75, 3.05) is 0 Å². The van der Waals surface area contributed by atoms with E-state index >= 15 is 0 Å². The van der Waals surface area contributed by atoms with Crippen molar-refractivity contribution in [3.63, 3.8) is 0 Å². The molecule has 0 amide bonds. The highest BCUT2D eigenvalue weighted by Gasteiger charge is 2.25. The number of benzene rings is 1. The smallest absolute Gasteiger partial charge is 0.0435 e. The van der Waals surface area contributed by atoms with E-state index < -0.39 is 0 Å². The largest absolute Gasteiger partial charge is 0.364 e. The number of hydrogen-bond donors (Lipinski definition) is 0. The van der Waals surface area contributed by atoms with Gasteiger partial charge in [-0.3, -0.25) is 0 Å². The van der Waals surface area contributed by atoms with Crippen LogP contribution in [-0.4, -0.2) is 10.9 Å². The molecule has 1 unspecified atom stereocenters. The Morgan fingerprint density at radius 3 is 2.70 bits per heavy atom. The molecular weight excluding hydrogens is 242 g/mol. The zero-order chi connectivity index (χ0) is 14.5. The molecule has 0 radical (unpaired) electrons. The first kappa shape index (κ1) is 14.6. The number of allylic oxidation sites excluding steroid dienone is 4. The lowest BCUT2D eigenvalue weighted by Gasteiger charge is -2.39. The second-order valence-corrected chi connectivity index (χ2v) is 5.48. The Labute approximate surface area is 123 Å². The molecule has 0 fully saturated rings. The van der Waals surface area contributed by atoms with Gasteiger partial charge in [0.25, 0.3) is 0 Å². The van der Waals surface area contributed by atoms with E-state index in [1.165, 1.54) is 16.7 Å². The summed E-state index contributed by atoms with van der Waals surface area (Å²) in [6.45, 7) is 11.8. The quantitative estimate of drug-likeness (QED) is 0.704. The van der Waals surface area contributed by atoms with E-state index in [0.29, 0.717) is 6.04 Å². The molecule has 1 nitrogen and oxygen atoms in total. The van der Waals surface area contributed by atoms with Crippen molar-refractivity contribution in [1.82, 2.24) is 4.90 Å². The Morgan fingerprint density at radius 2 is 2.05 bits per heavy atom. The third-order valence-corrected chi connectivity index (χ3v) is 4.17. The van der Waals surface area contributed by atoms with Crippen LogP contribution in [0.25, 0.3) is 0 Å². The summed E-state index contributed by atoms with van der Waals surface area (Å²) >= 11 is 0. The fourth-order valence-corrected chi connectivity index (χ4v) is 2.83. The van der Waals surface area contributed by atoms with Crippen LogP contribution in [0.2, 0.25) is 0 Å². The first-order valence-electron chi connectivity index (χ1n) is 7.49. The molecule has 0 saturated carbocycles. The minimum Gasteiger partial charge on any atom is -0.364 e. The van der Waals surface area contributed by atoms with Crippen molar-refractivity contribution >= 4 is 0 Å². The highest BCUT2D eigenvalue weighted by atomic mass is 15.2. The highest BCUT2D eigenvalue weighted by Crippen LogP contribution is 2.29. The summed E-state index contributed by atoms with van der Waals surface area (Å²) in [7, 11) is 0.